The molecule has 0 bridgehead atoms. The average Bonchev–Trinajstić information content (AvgIpc) is 2.87. The molecule has 1 fully saturated rings. The third-order valence-electron chi connectivity index (χ3n) is 7.21. The number of likely N-dealkylation sites (tertiary alicyclic amines) is 1. The van der Waals surface area contributed by atoms with Gasteiger partial charge in [-0.1, -0.05) is 86.3 Å². The van der Waals surface area contributed by atoms with Gasteiger partial charge >= 0.3 is 0 Å². The van der Waals surface area contributed by atoms with E-state index in [0.717, 1.165) is 13.1 Å². The van der Waals surface area contributed by atoms with Gasteiger partial charge in [0.2, 0.25) is 0 Å². The molecule has 2 aromatic rings. The van der Waals surface area contributed by atoms with Crippen LogP contribution in [0.4, 0.5) is 0 Å². The molecule has 3 rings (SSSR count). The molecule has 0 aliphatic carbocycles. The molecule has 3 heteroatoms. The Labute approximate surface area is 210 Å². The Morgan fingerprint density at radius 1 is 0.588 bits per heavy atom. The van der Waals surface area contributed by atoms with Gasteiger partial charge in [0.05, 0.1) is 0 Å². The van der Waals surface area contributed by atoms with E-state index < -0.39 is 0 Å². The quantitative estimate of drug-likeness (QED) is 0.238. The van der Waals surface area contributed by atoms with Gasteiger partial charge in [0.15, 0.2) is 0 Å². The highest BCUT2D eigenvalue weighted by Gasteiger charge is 2.10. The average molecular weight is 464 g/mol. The van der Waals surface area contributed by atoms with E-state index in [9.17, 15) is 0 Å². The van der Waals surface area contributed by atoms with Crippen LogP contribution in [-0.4, -0.2) is 61.0 Å². The van der Waals surface area contributed by atoms with Crippen LogP contribution in [0.15, 0.2) is 60.7 Å². The van der Waals surface area contributed by atoms with E-state index in [0.29, 0.717) is 0 Å². The van der Waals surface area contributed by atoms with Gasteiger partial charge in [-0.25, -0.2) is 0 Å². The lowest BCUT2D eigenvalue weighted by molar-refractivity contribution is 0.218. The summed E-state index contributed by atoms with van der Waals surface area (Å²) in [6.45, 7) is 9.83. The summed E-state index contributed by atoms with van der Waals surface area (Å²) in [5.74, 6) is 0. The molecule has 0 amide bonds. The zero-order chi connectivity index (χ0) is 23.7. The number of benzene rings is 2. The van der Waals surface area contributed by atoms with Gasteiger partial charge in [-0.05, 0) is 96.0 Å². The second-order valence-corrected chi connectivity index (χ2v) is 10.4. The van der Waals surface area contributed by atoms with Crippen molar-refractivity contribution < 1.29 is 0 Å². The first-order valence-corrected chi connectivity index (χ1v) is 14.0. The summed E-state index contributed by atoms with van der Waals surface area (Å²) in [4.78, 5) is 7.85. The van der Waals surface area contributed by atoms with E-state index >= 15 is 0 Å². The van der Waals surface area contributed by atoms with Gasteiger partial charge in [-0.3, -0.25) is 4.90 Å². The zero-order valence-electron chi connectivity index (χ0n) is 21.8. The summed E-state index contributed by atoms with van der Waals surface area (Å²) in [5, 5.41) is 0. The maximum atomic E-state index is 2.71. The van der Waals surface area contributed by atoms with Crippen molar-refractivity contribution in [1.82, 2.24) is 14.7 Å². The Bertz CT molecular complexity index is 727. The summed E-state index contributed by atoms with van der Waals surface area (Å²) in [5.41, 5.74) is 2.87. The van der Waals surface area contributed by atoms with E-state index in [1.54, 1.807) is 0 Å². The Morgan fingerprint density at radius 2 is 1.12 bits per heavy atom. The van der Waals surface area contributed by atoms with Gasteiger partial charge in [0, 0.05) is 13.1 Å². The molecule has 0 aromatic heterocycles. The van der Waals surface area contributed by atoms with Crippen LogP contribution >= 0.6 is 0 Å². The van der Waals surface area contributed by atoms with E-state index in [-0.39, 0.29) is 0 Å². The lowest BCUT2D eigenvalue weighted by Gasteiger charge is -2.26. The Hall–Kier alpha value is -1.68. The summed E-state index contributed by atoms with van der Waals surface area (Å²) in [6.07, 6.45) is 13.7. The van der Waals surface area contributed by atoms with Crippen molar-refractivity contribution in [3.05, 3.63) is 71.8 Å². The highest BCUT2D eigenvalue weighted by Crippen LogP contribution is 2.13. The van der Waals surface area contributed by atoms with Crippen LogP contribution in [0.2, 0.25) is 0 Å². The van der Waals surface area contributed by atoms with Crippen LogP contribution in [-0.2, 0) is 13.1 Å². The van der Waals surface area contributed by atoms with Crippen molar-refractivity contribution in [2.75, 3.05) is 46.3 Å². The summed E-state index contributed by atoms with van der Waals surface area (Å²) < 4.78 is 0. The van der Waals surface area contributed by atoms with E-state index in [2.05, 4.69) is 82.4 Å². The van der Waals surface area contributed by atoms with Crippen LogP contribution in [0.25, 0.3) is 0 Å². The maximum absolute atomic E-state index is 2.71. The molecule has 34 heavy (non-hydrogen) atoms. The first-order valence-electron chi connectivity index (χ1n) is 14.0. The third-order valence-corrected chi connectivity index (χ3v) is 7.21. The fourth-order valence-corrected chi connectivity index (χ4v) is 5.19. The largest absolute Gasteiger partial charge is 0.303 e. The fraction of sp³-hybridized carbons (Fsp3) is 0.613. The number of hydrogen-bond acceptors (Lipinski definition) is 3. The molecule has 0 saturated carbocycles. The number of hydrogen-bond donors (Lipinski definition) is 0. The molecule has 1 aliphatic heterocycles. The Kier molecular flexibility index (Phi) is 13.4. The smallest absolute Gasteiger partial charge is 0.0233 e. The summed E-state index contributed by atoms with van der Waals surface area (Å²) >= 11 is 0. The second kappa shape index (κ2) is 16.9. The minimum atomic E-state index is 1.06. The van der Waals surface area contributed by atoms with Gasteiger partial charge in [0.25, 0.3) is 0 Å². The third kappa shape index (κ3) is 11.6. The van der Waals surface area contributed by atoms with Crippen molar-refractivity contribution in [3.63, 3.8) is 0 Å². The highest BCUT2D eigenvalue weighted by atomic mass is 15.1. The number of piperidine rings is 1. The van der Waals surface area contributed by atoms with Crippen LogP contribution in [0.3, 0.4) is 0 Å². The van der Waals surface area contributed by atoms with E-state index in [4.69, 9.17) is 0 Å². The second-order valence-electron chi connectivity index (χ2n) is 10.4. The minimum absolute atomic E-state index is 1.06. The van der Waals surface area contributed by atoms with Gasteiger partial charge in [0.1, 0.15) is 0 Å². The zero-order valence-corrected chi connectivity index (χ0v) is 21.8. The normalized spacial score (nSPS) is 14.8. The lowest BCUT2D eigenvalue weighted by Crippen LogP contribution is -2.30. The topological polar surface area (TPSA) is 9.72 Å². The molecule has 0 spiro atoms. The molecule has 2 aromatic carbocycles. The molecular formula is C31H49N3. The van der Waals surface area contributed by atoms with Crippen molar-refractivity contribution in [3.8, 4) is 0 Å². The molecule has 0 radical (unpaired) electrons. The summed E-state index contributed by atoms with van der Waals surface area (Å²) in [6, 6.07) is 21.9. The summed E-state index contributed by atoms with van der Waals surface area (Å²) in [7, 11) is 2.25. The van der Waals surface area contributed by atoms with Gasteiger partial charge in [-0.15, -0.1) is 0 Å². The van der Waals surface area contributed by atoms with Gasteiger partial charge < -0.3 is 9.80 Å². The van der Waals surface area contributed by atoms with Gasteiger partial charge in [-0.2, -0.15) is 0 Å². The highest BCUT2D eigenvalue weighted by molar-refractivity contribution is 5.15. The Morgan fingerprint density at radius 3 is 1.74 bits per heavy atom. The molecule has 0 unspecified atom stereocenters. The van der Waals surface area contributed by atoms with Crippen molar-refractivity contribution in [2.45, 2.75) is 77.3 Å². The molecule has 188 valence electrons. The number of rotatable bonds is 17. The lowest BCUT2D eigenvalue weighted by atomic mass is 10.1. The molecule has 1 heterocycles. The molecule has 1 saturated heterocycles. The molecule has 0 N–H and O–H groups in total. The monoisotopic (exact) mass is 463 g/mol. The molecule has 0 atom stereocenters. The predicted molar refractivity (Wildman–Crippen MR) is 147 cm³/mol. The number of nitrogens with zero attached hydrogens (tertiary/aromatic N) is 3. The van der Waals surface area contributed by atoms with Crippen molar-refractivity contribution >= 4 is 0 Å². The first kappa shape index (κ1) is 26.9. The predicted octanol–water partition coefficient (Wildman–Crippen LogP) is 6.84. The van der Waals surface area contributed by atoms with Crippen LogP contribution in [0, 0.1) is 0 Å². The van der Waals surface area contributed by atoms with E-state index in [1.807, 2.05) is 0 Å². The Balaban J connectivity index is 1.28. The van der Waals surface area contributed by atoms with Crippen LogP contribution in [0.5, 0.6) is 0 Å². The molecule has 3 nitrogen and oxygen atoms in total. The number of unbranched alkanes of at least 4 members (excludes halogenated alkanes) is 5. The standard InChI is InChI=1S/C31H49N3/c1-32(28-30-18-8-4-9-19-30)22-12-2-3-13-26-34(29-31-20-10-5-11-21-31)27-17-7-16-25-33-23-14-6-15-24-33/h4-5,8-11,18-21H,2-3,6-7,12-17,22-29H2,1H3. The molecule has 1 aliphatic rings. The van der Waals surface area contributed by atoms with Crippen molar-refractivity contribution in [2.24, 2.45) is 0 Å². The fourth-order valence-electron chi connectivity index (χ4n) is 5.19. The maximum Gasteiger partial charge on any atom is 0.0233 e. The first-order chi connectivity index (χ1) is 16.8. The van der Waals surface area contributed by atoms with Crippen LogP contribution < -0.4 is 0 Å². The SMILES string of the molecule is CN(CCCCCCN(CCCCCN1CCCCC1)Cc1ccccc1)Cc1ccccc1. The minimum Gasteiger partial charge on any atom is -0.303 e. The van der Waals surface area contributed by atoms with Crippen LogP contribution in [0.1, 0.15) is 75.3 Å². The van der Waals surface area contributed by atoms with Crippen molar-refractivity contribution in [1.29, 1.82) is 0 Å². The van der Waals surface area contributed by atoms with E-state index in [1.165, 1.54) is 115 Å². The molecular weight excluding hydrogens is 414 g/mol.